The molecular formula is C65H114O6. The molecule has 0 amide bonds. The molecule has 0 N–H and O–H groups in total. The van der Waals surface area contributed by atoms with Crippen molar-refractivity contribution in [2.45, 2.75) is 309 Å². The van der Waals surface area contributed by atoms with Crippen LogP contribution >= 0.6 is 0 Å². The predicted octanol–water partition coefficient (Wildman–Crippen LogP) is 20.5. The summed E-state index contributed by atoms with van der Waals surface area (Å²) in [5.74, 6) is -0.876. The van der Waals surface area contributed by atoms with Crippen LogP contribution in [0.5, 0.6) is 0 Å². The average Bonchev–Trinajstić information content (AvgIpc) is 3.37. The van der Waals surface area contributed by atoms with Crippen molar-refractivity contribution in [3.05, 3.63) is 72.9 Å². The molecule has 71 heavy (non-hydrogen) atoms. The molecule has 0 aliphatic carbocycles. The highest BCUT2D eigenvalue weighted by Crippen LogP contribution is 2.16. The maximum atomic E-state index is 12.8. The summed E-state index contributed by atoms with van der Waals surface area (Å²) < 4.78 is 16.8. The summed E-state index contributed by atoms with van der Waals surface area (Å²) in [5, 5.41) is 0. The Morgan fingerprint density at radius 2 is 0.549 bits per heavy atom. The van der Waals surface area contributed by atoms with Crippen LogP contribution in [0.2, 0.25) is 0 Å². The second kappa shape index (κ2) is 59.4. The fraction of sp³-hybridized carbons (Fsp3) is 0.769. The van der Waals surface area contributed by atoms with E-state index in [0.717, 1.165) is 89.9 Å². The Hall–Kier alpha value is -3.15. The Labute approximate surface area is 440 Å². The van der Waals surface area contributed by atoms with E-state index >= 15 is 0 Å². The summed E-state index contributed by atoms with van der Waals surface area (Å²) in [7, 11) is 0. The lowest BCUT2D eigenvalue weighted by Gasteiger charge is -2.18. The van der Waals surface area contributed by atoms with Crippen molar-refractivity contribution in [3.8, 4) is 0 Å². The molecule has 0 aliphatic heterocycles. The van der Waals surface area contributed by atoms with Gasteiger partial charge in [-0.3, -0.25) is 14.4 Å². The number of hydrogen-bond acceptors (Lipinski definition) is 6. The summed E-state index contributed by atoms with van der Waals surface area (Å²) >= 11 is 0. The fourth-order valence-corrected chi connectivity index (χ4v) is 8.64. The van der Waals surface area contributed by atoms with Crippen LogP contribution in [-0.4, -0.2) is 37.2 Å². The number of carbonyl (C=O) groups is 3. The van der Waals surface area contributed by atoms with Gasteiger partial charge in [0, 0.05) is 19.3 Å². The maximum absolute atomic E-state index is 12.8. The van der Waals surface area contributed by atoms with Crippen molar-refractivity contribution in [3.63, 3.8) is 0 Å². The zero-order valence-corrected chi connectivity index (χ0v) is 47.0. The summed E-state index contributed by atoms with van der Waals surface area (Å²) in [6.45, 7) is 6.52. The van der Waals surface area contributed by atoms with Crippen LogP contribution in [0.15, 0.2) is 72.9 Å². The van der Waals surface area contributed by atoms with E-state index in [4.69, 9.17) is 14.2 Å². The van der Waals surface area contributed by atoms with E-state index in [1.807, 2.05) is 0 Å². The quantitative estimate of drug-likeness (QED) is 0.0261. The summed E-state index contributed by atoms with van der Waals surface area (Å²) in [5.41, 5.74) is 0. The normalized spacial score (nSPS) is 12.5. The number of rotatable bonds is 55. The van der Waals surface area contributed by atoms with Crippen LogP contribution in [0.3, 0.4) is 0 Å². The van der Waals surface area contributed by atoms with Crippen LogP contribution in [0.25, 0.3) is 0 Å². The van der Waals surface area contributed by atoms with Gasteiger partial charge in [-0.25, -0.2) is 0 Å². The molecule has 0 saturated carbocycles. The lowest BCUT2D eigenvalue weighted by Crippen LogP contribution is -2.30. The highest BCUT2D eigenvalue weighted by molar-refractivity contribution is 5.71. The van der Waals surface area contributed by atoms with E-state index in [0.29, 0.717) is 19.3 Å². The van der Waals surface area contributed by atoms with E-state index in [9.17, 15) is 14.4 Å². The zero-order chi connectivity index (χ0) is 51.4. The van der Waals surface area contributed by atoms with E-state index < -0.39 is 6.10 Å². The van der Waals surface area contributed by atoms with Crippen molar-refractivity contribution < 1.29 is 28.6 Å². The summed E-state index contributed by atoms with van der Waals surface area (Å²) in [6, 6.07) is 0. The van der Waals surface area contributed by atoms with Crippen molar-refractivity contribution >= 4 is 17.9 Å². The molecule has 0 bridgehead atoms. The Kier molecular flexibility index (Phi) is 56.8. The van der Waals surface area contributed by atoms with Crippen molar-refractivity contribution in [1.82, 2.24) is 0 Å². The molecule has 0 aliphatic rings. The molecule has 0 fully saturated rings. The van der Waals surface area contributed by atoms with Gasteiger partial charge in [-0.15, -0.1) is 0 Å². The Bertz CT molecular complexity index is 1320. The van der Waals surface area contributed by atoms with Gasteiger partial charge in [-0.05, 0) is 89.9 Å². The minimum absolute atomic E-state index is 0.0751. The Balaban J connectivity index is 4.18. The van der Waals surface area contributed by atoms with Crippen molar-refractivity contribution in [2.24, 2.45) is 0 Å². The molecule has 0 saturated heterocycles. The molecule has 6 nitrogen and oxygen atoms in total. The van der Waals surface area contributed by atoms with Crippen molar-refractivity contribution in [2.75, 3.05) is 13.2 Å². The molecule has 410 valence electrons. The van der Waals surface area contributed by atoms with Gasteiger partial charge in [-0.2, -0.15) is 0 Å². The van der Waals surface area contributed by atoms with Gasteiger partial charge < -0.3 is 14.2 Å². The predicted molar refractivity (Wildman–Crippen MR) is 307 cm³/mol. The fourth-order valence-electron chi connectivity index (χ4n) is 8.64. The third-order valence-corrected chi connectivity index (χ3v) is 13.2. The molecule has 0 aromatic carbocycles. The smallest absolute Gasteiger partial charge is 0.306 e. The molecule has 0 aromatic rings. The van der Waals surface area contributed by atoms with E-state index in [1.54, 1.807) is 0 Å². The van der Waals surface area contributed by atoms with Gasteiger partial charge in [0.2, 0.25) is 0 Å². The average molecular weight is 992 g/mol. The SMILES string of the molecule is CC/C=C\C/C=C\C/C=C\C/C=C\C/C=C\CCCCCCCCCCCCCC(=O)OCC(COC(=O)CCCCCCCCCC)OC(=O)CCCCCCCCC/C=C\CCCCCCCCC. The topological polar surface area (TPSA) is 78.9 Å². The molecule has 1 unspecified atom stereocenters. The molecule has 0 rings (SSSR count). The number of allylic oxidation sites excluding steroid dienone is 12. The Morgan fingerprint density at radius 3 is 0.873 bits per heavy atom. The number of carbonyl (C=O) groups excluding carboxylic acids is 3. The van der Waals surface area contributed by atoms with Gasteiger partial charge in [0.25, 0.3) is 0 Å². The molecule has 0 aromatic heterocycles. The number of hydrogen-bond donors (Lipinski definition) is 0. The highest BCUT2D eigenvalue weighted by atomic mass is 16.6. The first-order valence-corrected chi connectivity index (χ1v) is 30.4. The van der Waals surface area contributed by atoms with Gasteiger partial charge >= 0.3 is 17.9 Å². The van der Waals surface area contributed by atoms with Gasteiger partial charge in [0.15, 0.2) is 6.10 Å². The maximum Gasteiger partial charge on any atom is 0.306 e. The lowest BCUT2D eigenvalue weighted by molar-refractivity contribution is -0.167. The number of ether oxygens (including phenoxy) is 3. The minimum atomic E-state index is -0.776. The molecule has 0 radical (unpaired) electrons. The highest BCUT2D eigenvalue weighted by Gasteiger charge is 2.19. The molecule has 1 atom stereocenters. The molecule has 0 spiro atoms. The first-order valence-electron chi connectivity index (χ1n) is 30.4. The van der Waals surface area contributed by atoms with Crippen LogP contribution in [-0.2, 0) is 28.6 Å². The monoisotopic (exact) mass is 991 g/mol. The van der Waals surface area contributed by atoms with E-state index in [2.05, 4.69) is 93.7 Å². The molecular weight excluding hydrogens is 877 g/mol. The first kappa shape index (κ1) is 67.8. The minimum Gasteiger partial charge on any atom is -0.462 e. The zero-order valence-electron chi connectivity index (χ0n) is 47.0. The van der Waals surface area contributed by atoms with E-state index in [1.165, 1.54) is 173 Å². The van der Waals surface area contributed by atoms with Crippen LogP contribution in [0, 0.1) is 0 Å². The largest absolute Gasteiger partial charge is 0.462 e. The Morgan fingerprint density at radius 1 is 0.296 bits per heavy atom. The van der Waals surface area contributed by atoms with Crippen LogP contribution in [0.1, 0.15) is 303 Å². The number of unbranched alkanes of at least 4 members (excludes halogenated alkanes) is 32. The van der Waals surface area contributed by atoms with Crippen LogP contribution in [0.4, 0.5) is 0 Å². The van der Waals surface area contributed by atoms with E-state index in [-0.39, 0.29) is 31.1 Å². The second-order valence-electron chi connectivity index (χ2n) is 20.2. The van der Waals surface area contributed by atoms with Gasteiger partial charge in [0.05, 0.1) is 0 Å². The number of esters is 3. The van der Waals surface area contributed by atoms with Gasteiger partial charge in [0.1, 0.15) is 13.2 Å². The van der Waals surface area contributed by atoms with Crippen LogP contribution < -0.4 is 0 Å². The second-order valence-corrected chi connectivity index (χ2v) is 20.2. The molecule has 6 heteroatoms. The first-order chi connectivity index (χ1) is 35.0. The molecule has 0 heterocycles. The standard InChI is InChI=1S/C65H114O6/c1-4-7-10-13-16-19-21-23-25-27-29-30-31-32-33-34-35-36-37-39-40-42-44-46-49-52-55-58-64(67)70-61-62(60-69-63(66)57-54-51-48-18-15-12-9-6-3)71-65(68)59-56-53-50-47-45-43-41-38-28-26-24-22-20-17-14-11-8-5-2/h7,10,16,19,23,25-26,28-30,32-33,62H,4-6,8-9,11-15,17-18,20-22,24,27,31,34-61H2,1-3H3/b10-7-,19-16-,25-23-,28-26-,30-29-,33-32-. The van der Waals surface area contributed by atoms with Gasteiger partial charge in [-0.1, -0.05) is 267 Å². The summed E-state index contributed by atoms with van der Waals surface area (Å²) in [4.78, 5) is 38.1. The van der Waals surface area contributed by atoms with Crippen molar-refractivity contribution in [1.29, 1.82) is 0 Å². The lowest BCUT2D eigenvalue weighted by atomic mass is 10.0. The summed E-state index contributed by atoms with van der Waals surface area (Å²) in [6.07, 6.45) is 76.3. The third-order valence-electron chi connectivity index (χ3n) is 13.2. The third kappa shape index (κ3) is 57.6.